The van der Waals surface area contributed by atoms with E-state index in [2.05, 4.69) is 15.4 Å². The van der Waals surface area contributed by atoms with Crippen LogP contribution in [0.1, 0.15) is 16.7 Å². The van der Waals surface area contributed by atoms with Gasteiger partial charge in [-0.15, -0.1) is 0 Å². The molecule has 0 atom stereocenters. The van der Waals surface area contributed by atoms with Gasteiger partial charge in [0.05, 0.1) is 18.3 Å². The Kier molecular flexibility index (Phi) is 4.70. The Morgan fingerprint density at radius 1 is 1.17 bits per heavy atom. The van der Waals surface area contributed by atoms with Crippen molar-refractivity contribution >= 4 is 5.91 Å². The summed E-state index contributed by atoms with van der Waals surface area (Å²) in [6, 6.07) is 11.9. The van der Waals surface area contributed by atoms with E-state index >= 15 is 0 Å². The van der Waals surface area contributed by atoms with Gasteiger partial charge < -0.3 is 5.32 Å². The first-order valence-electron chi connectivity index (χ1n) is 7.86. The van der Waals surface area contributed by atoms with Crippen LogP contribution in [0.4, 0.5) is 0 Å². The van der Waals surface area contributed by atoms with Crippen LogP contribution in [-0.4, -0.2) is 20.7 Å². The molecule has 24 heavy (non-hydrogen) atoms. The first-order chi connectivity index (χ1) is 11.6. The summed E-state index contributed by atoms with van der Waals surface area (Å²) in [7, 11) is 1.88. The van der Waals surface area contributed by atoms with Gasteiger partial charge in [0.15, 0.2) is 0 Å². The molecule has 5 heteroatoms. The predicted molar refractivity (Wildman–Crippen MR) is 93.2 cm³/mol. The van der Waals surface area contributed by atoms with Gasteiger partial charge in [0.1, 0.15) is 0 Å². The lowest BCUT2D eigenvalue weighted by Crippen LogP contribution is -2.24. The fraction of sp³-hybridized carbons (Fsp3) is 0.211. The van der Waals surface area contributed by atoms with Gasteiger partial charge in [-0.05, 0) is 24.1 Å². The summed E-state index contributed by atoms with van der Waals surface area (Å²) in [5.74, 6) is 0.0111. The van der Waals surface area contributed by atoms with E-state index in [1.165, 1.54) is 0 Å². The van der Waals surface area contributed by atoms with Crippen molar-refractivity contribution in [1.29, 1.82) is 0 Å². The number of nitrogens with zero attached hydrogens (tertiary/aromatic N) is 3. The molecule has 3 aromatic rings. The van der Waals surface area contributed by atoms with Crippen LogP contribution in [-0.2, 0) is 24.8 Å². The first kappa shape index (κ1) is 15.9. The maximum Gasteiger partial charge on any atom is 0.224 e. The normalized spacial score (nSPS) is 10.6. The number of aryl methyl sites for hydroxylation is 2. The largest absolute Gasteiger partial charge is 0.352 e. The Hall–Kier alpha value is -2.95. The fourth-order valence-corrected chi connectivity index (χ4v) is 2.52. The molecule has 1 aromatic carbocycles. The van der Waals surface area contributed by atoms with E-state index in [-0.39, 0.29) is 5.91 Å². The van der Waals surface area contributed by atoms with Crippen LogP contribution in [0.5, 0.6) is 0 Å². The molecular formula is C19H20N4O. The second kappa shape index (κ2) is 7.08. The number of pyridine rings is 1. The molecule has 1 amide bonds. The zero-order valence-corrected chi connectivity index (χ0v) is 13.9. The van der Waals surface area contributed by atoms with Gasteiger partial charge in [-0.3, -0.25) is 14.5 Å². The van der Waals surface area contributed by atoms with Crippen molar-refractivity contribution in [3.63, 3.8) is 0 Å². The van der Waals surface area contributed by atoms with E-state index in [9.17, 15) is 4.79 Å². The smallest absolute Gasteiger partial charge is 0.224 e. The van der Waals surface area contributed by atoms with E-state index in [1.54, 1.807) is 17.1 Å². The molecule has 5 nitrogen and oxygen atoms in total. The molecule has 0 saturated carbocycles. The minimum absolute atomic E-state index is 0.0111. The van der Waals surface area contributed by atoms with Crippen LogP contribution in [0, 0.1) is 6.92 Å². The molecule has 3 rings (SSSR count). The average Bonchev–Trinajstić information content (AvgIpc) is 3.00. The molecule has 0 bridgehead atoms. The van der Waals surface area contributed by atoms with Gasteiger partial charge in [0.2, 0.25) is 5.91 Å². The van der Waals surface area contributed by atoms with Crippen molar-refractivity contribution in [2.45, 2.75) is 19.9 Å². The van der Waals surface area contributed by atoms with E-state index < -0.39 is 0 Å². The van der Waals surface area contributed by atoms with Gasteiger partial charge in [-0.25, -0.2) is 0 Å². The number of amides is 1. The van der Waals surface area contributed by atoms with E-state index in [4.69, 9.17) is 0 Å². The quantitative estimate of drug-likeness (QED) is 0.786. The lowest BCUT2D eigenvalue weighted by atomic mass is 10.1. The van der Waals surface area contributed by atoms with Crippen LogP contribution >= 0.6 is 0 Å². The topological polar surface area (TPSA) is 59.8 Å². The number of benzene rings is 1. The van der Waals surface area contributed by atoms with Gasteiger partial charge in [0.25, 0.3) is 0 Å². The number of hydrogen-bond acceptors (Lipinski definition) is 3. The van der Waals surface area contributed by atoms with Gasteiger partial charge in [0, 0.05) is 31.5 Å². The van der Waals surface area contributed by atoms with Crippen LogP contribution in [0.3, 0.4) is 0 Å². The van der Waals surface area contributed by atoms with Crippen LogP contribution < -0.4 is 5.32 Å². The molecule has 0 unspecified atom stereocenters. The molecule has 0 aliphatic rings. The summed E-state index contributed by atoms with van der Waals surface area (Å²) in [6.45, 7) is 2.50. The Morgan fingerprint density at radius 3 is 2.71 bits per heavy atom. The predicted octanol–water partition coefficient (Wildman–Crippen LogP) is 2.65. The Morgan fingerprint density at radius 2 is 2.04 bits per heavy atom. The molecule has 122 valence electrons. The molecule has 1 N–H and O–H groups in total. The Bertz CT molecular complexity index is 837. The van der Waals surface area contributed by atoms with E-state index in [0.29, 0.717) is 13.0 Å². The summed E-state index contributed by atoms with van der Waals surface area (Å²) < 4.78 is 1.75. The Labute approximate surface area is 141 Å². The van der Waals surface area contributed by atoms with E-state index in [0.717, 1.165) is 27.9 Å². The number of carbonyl (C=O) groups excluding carboxylic acids is 1. The fourth-order valence-electron chi connectivity index (χ4n) is 2.52. The maximum absolute atomic E-state index is 12.0. The van der Waals surface area contributed by atoms with Crippen molar-refractivity contribution < 1.29 is 4.79 Å². The molecule has 2 aromatic heterocycles. The average molecular weight is 320 g/mol. The third-order valence-corrected chi connectivity index (χ3v) is 3.76. The second-order valence-corrected chi connectivity index (χ2v) is 5.90. The number of carbonyl (C=O) groups is 1. The number of aromatic nitrogens is 3. The molecule has 0 saturated heterocycles. The third-order valence-electron chi connectivity index (χ3n) is 3.76. The summed E-state index contributed by atoms with van der Waals surface area (Å²) in [4.78, 5) is 16.5. The highest BCUT2D eigenvalue weighted by Crippen LogP contribution is 2.15. The van der Waals surface area contributed by atoms with Crippen LogP contribution in [0.2, 0.25) is 0 Å². The maximum atomic E-state index is 12.0. The molecule has 0 aliphatic heterocycles. The highest BCUT2D eigenvalue weighted by Gasteiger charge is 2.05. The van der Waals surface area contributed by atoms with Crippen LogP contribution in [0.15, 0.2) is 55.0 Å². The van der Waals surface area contributed by atoms with Crippen molar-refractivity contribution in [3.8, 4) is 11.3 Å². The highest BCUT2D eigenvalue weighted by molar-refractivity contribution is 5.78. The summed E-state index contributed by atoms with van der Waals surface area (Å²) in [6.07, 6.45) is 5.88. The molecule has 0 fully saturated rings. The highest BCUT2D eigenvalue weighted by atomic mass is 16.1. The standard InChI is InChI=1S/C19H20N4O/c1-14-4-3-5-15(8-14)9-19(24)21-11-16-6-7-18(20-10-16)17-12-22-23(2)13-17/h3-8,10,12-13H,9,11H2,1-2H3,(H,21,24). The second-order valence-electron chi connectivity index (χ2n) is 5.90. The number of rotatable bonds is 5. The van der Waals surface area contributed by atoms with Crippen molar-refractivity contribution in [1.82, 2.24) is 20.1 Å². The molecule has 0 aliphatic carbocycles. The van der Waals surface area contributed by atoms with Gasteiger partial charge in [-0.1, -0.05) is 35.9 Å². The van der Waals surface area contributed by atoms with Gasteiger partial charge in [-0.2, -0.15) is 5.10 Å². The van der Waals surface area contributed by atoms with Crippen molar-refractivity contribution in [3.05, 3.63) is 71.7 Å². The van der Waals surface area contributed by atoms with Crippen LogP contribution in [0.25, 0.3) is 11.3 Å². The SMILES string of the molecule is Cc1cccc(CC(=O)NCc2ccc(-c3cnn(C)c3)nc2)c1. The first-order valence-corrected chi connectivity index (χ1v) is 7.86. The summed E-state index contributed by atoms with van der Waals surface area (Å²) >= 11 is 0. The van der Waals surface area contributed by atoms with Crippen molar-refractivity contribution in [2.24, 2.45) is 7.05 Å². The molecular weight excluding hydrogens is 300 g/mol. The zero-order valence-electron chi connectivity index (χ0n) is 13.9. The van der Waals surface area contributed by atoms with Gasteiger partial charge >= 0.3 is 0 Å². The lowest BCUT2D eigenvalue weighted by molar-refractivity contribution is -0.120. The Balaban J connectivity index is 1.55. The summed E-state index contributed by atoms with van der Waals surface area (Å²) in [5, 5.41) is 7.08. The third kappa shape index (κ3) is 4.07. The summed E-state index contributed by atoms with van der Waals surface area (Å²) in [5.41, 5.74) is 5.01. The van der Waals surface area contributed by atoms with E-state index in [1.807, 2.05) is 56.6 Å². The minimum atomic E-state index is 0.0111. The molecule has 0 radical (unpaired) electrons. The molecule has 0 spiro atoms. The lowest BCUT2D eigenvalue weighted by Gasteiger charge is -2.06. The minimum Gasteiger partial charge on any atom is -0.352 e. The zero-order chi connectivity index (χ0) is 16.9. The molecule has 2 heterocycles. The number of hydrogen-bond donors (Lipinski definition) is 1. The van der Waals surface area contributed by atoms with Crippen molar-refractivity contribution in [2.75, 3.05) is 0 Å². The number of nitrogens with one attached hydrogen (secondary N) is 1. The monoisotopic (exact) mass is 320 g/mol.